The lowest BCUT2D eigenvalue weighted by atomic mass is 9.63. The topological polar surface area (TPSA) is 29.3 Å². The van der Waals surface area contributed by atoms with E-state index in [-0.39, 0.29) is 5.54 Å². The van der Waals surface area contributed by atoms with E-state index in [0.717, 1.165) is 12.5 Å². The van der Waals surface area contributed by atoms with Crippen molar-refractivity contribution in [1.29, 1.82) is 0 Å². The predicted molar refractivity (Wildman–Crippen MR) is 91.7 cm³/mol. The van der Waals surface area contributed by atoms with Gasteiger partial charge in [0.15, 0.2) is 0 Å². The number of rotatable bonds is 2. The molecular formula is C18H30N2S. The summed E-state index contributed by atoms with van der Waals surface area (Å²) in [6.45, 7) is 11.6. The smallest absolute Gasteiger partial charge is 0.0345 e. The molecule has 2 nitrogen and oxygen atoms in total. The molecule has 3 heteroatoms. The molecule has 1 fully saturated rings. The predicted octanol–water partition coefficient (Wildman–Crippen LogP) is 4.21. The van der Waals surface area contributed by atoms with Crippen molar-refractivity contribution in [2.75, 3.05) is 13.1 Å². The van der Waals surface area contributed by atoms with E-state index < -0.39 is 0 Å². The molecule has 0 radical (unpaired) electrons. The van der Waals surface area contributed by atoms with Gasteiger partial charge in [-0.25, -0.2) is 0 Å². The molecule has 1 aliphatic heterocycles. The van der Waals surface area contributed by atoms with E-state index in [2.05, 4.69) is 44.0 Å². The molecule has 0 amide bonds. The van der Waals surface area contributed by atoms with Crippen LogP contribution in [0.4, 0.5) is 0 Å². The molecule has 3 unspecified atom stereocenters. The van der Waals surface area contributed by atoms with Crippen LogP contribution in [0.1, 0.15) is 63.4 Å². The van der Waals surface area contributed by atoms with E-state index in [1.54, 1.807) is 10.4 Å². The summed E-state index contributed by atoms with van der Waals surface area (Å²) in [6.07, 6.45) is 5.04. The van der Waals surface area contributed by atoms with Crippen LogP contribution in [0, 0.1) is 11.3 Å². The first-order chi connectivity index (χ1) is 9.87. The van der Waals surface area contributed by atoms with Crippen molar-refractivity contribution in [3.63, 3.8) is 0 Å². The standard InChI is InChI=1S/C18H30N2S/c1-13-9-17(3,4)11-18(10-13,12-19)20-7-5-16-15(14(20)2)6-8-21-16/h6,8,13-14H,5,7,9-12,19H2,1-4H3. The number of hydrogen-bond acceptors (Lipinski definition) is 3. The molecule has 0 spiro atoms. The van der Waals surface area contributed by atoms with E-state index in [9.17, 15) is 0 Å². The number of nitrogens with zero attached hydrogens (tertiary/aromatic N) is 1. The number of thiophene rings is 1. The molecule has 2 aliphatic rings. The van der Waals surface area contributed by atoms with Crippen LogP contribution in [0.15, 0.2) is 11.4 Å². The lowest BCUT2D eigenvalue weighted by Crippen LogP contribution is -2.60. The fourth-order valence-electron chi connectivity index (χ4n) is 5.35. The lowest BCUT2D eigenvalue weighted by molar-refractivity contribution is -0.0366. The summed E-state index contributed by atoms with van der Waals surface area (Å²) < 4.78 is 0. The maximum absolute atomic E-state index is 6.37. The first-order valence-electron chi connectivity index (χ1n) is 8.40. The van der Waals surface area contributed by atoms with Gasteiger partial charge in [-0.2, -0.15) is 0 Å². The lowest BCUT2D eigenvalue weighted by Gasteiger charge is -2.56. The largest absolute Gasteiger partial charge is 0.329 e. The van der Waals surface area contributed by atoms with Crippen molar-refractivity contribution in [3.05, 3.63) is 21.9 Å². The second-order valence-electron chi connectivity index (χ2n) is 8.20. The molecule has 3 rings (SSSR count). The molecule has 2 heterocycles. The van der Waals surface area contributed by atoms with Crippen molar-refractivity contribution in [3.8, 4) is 0 Å². The van der Waals surface area contributed by atoms with Crippen molar-refractivity contribution >= 4 is 11.3 Å². The molecule has 0 saturated heterocycles. The minimum absolute atomic E-state index is 0.195. The Morgan fingerprint density at radius 2 is 2.10 bits per heavy atom. The Bertz CT molecular complexity index is 507. The minimum Gasteiger partial charge on any atom is -0.329 e. The van der Waals surface area contributed by atoms with Crippen LogP contribution in [-0.2, 0) is 6.42 Å². The van der Waals surface area contributed by atoms with Crippen molar-refractivity contribution in [1.82, 2.24) is 4.90 Å². The Hall–Kier alpha value is -0.380. The minimum atomic E-state index is 0.195. The summed E-state index contributed by atoms with van der Waals surface area (Å²) in [5.41, 5.74) is 8.52. The third kappa shape index (κ3) is 2.69. The third-order valence-electron chi connectivity index (χ3n) is 5.70. The first kappa shape index (κ1) is 15.5. The van der Waals surface area contributed by atoms with Gasteiger partial charge in [-0.05, 0) is 60.9 Å². The van der Waals surface area contributed by atoms with Gasteiger partial charge in [0.1, 0.15) is 0 Å². The van der Waals surface area contributed by atoms with Crippen molar-refractivity contribution < 1.29 is 0 Å². The van der Waals surface area contributed by atoms with Crippen LogP contribution in [0.2, 0.25) is 0 Å². The van der Waals surface area contributed by atoms with Crippen LogP contribution in [0.25, 0.3) is 0 Å². The Kier molecular flexibility index (Phi) is 3.96. The average molecular weight is 307 g/mol. The van der Waals surface area contributed by atoms with E-state index in [4.69, 9.17) is 5.73 Å². The van der Waals surface area contributed by atoms with E-state index in [0.29, 0.717) is 11.5 Å². The first-order valence-corrected chi connectivity index (χ1v) is 9.28. The Balaban J connectivity index is 1.93. The van der Waals surface area contributed by atoms with E-state index >= 15 is 0 Å². The summed E-state index contributed by atoms with van der Waals surface area (Å²) in [5, 5.41) is 2.26. The van der Waals surface area contributed by atoms with E-state index in [1.807, 2.05) is 11.3 Å². The van der Waals surface area contributed by atoms with Crippen molar-refractivity contribution in [2.24, 2.45) is 17.1 Å². The summed E-state index contributed by atoms with van der Waals surface area (Å²) in [7, 11) is 0. The molecule has 1 aliphatic carbocycles. The Morgan fingerprint density at radius 3 is 2.76 bits per heavy atom. The summed E-state index contributed by atoms with van der Waals surface area (Å²) >= 11 is 1.93. The highest BCUT2D eigenvalue weighted by atomic mass is 32.1. The monoisotopic (exact) mass is 306 g/mol. The maximum atomic E-state index is 6.37. The molecule has 1 aromatic heterocycles. The Labute approximate surface area is 133 Å². The molecule has 118 valence electrons. The second-order valence-corrected chi connectivity index (χ2v) is 9.20. The zero-order chi connectivity index (χ0) is 15.3. The number of hydrogen-bond donors (Lipinski definition) is 1. The summed E-state index contributed by atoms with van der Waals surface area (Å²) in [4.78, 5) is 4.34. The van der Waals surface area contributed by atoms with Crippen LogP contribution in [-0.4, -0.2) is 23.5 Å². The van der Waals surface area contributed by atoms with Gasteiger partial charge in [0.25, 0.3) is 0 Å². The molecule has 1 saturated carbocycles. The number of fused-ring (bicyclic) bond motifs is 1. The van der Waals surface area contributed by atoms with Crippen LogP contribution in [0.3, 0.4) is 0 Å². The molecule has 1 aromatic rings. The highest BCUT2D eigenvalue weighted by Gasteiger charge is 2.48. The highest BCUT2D eigenvalue weighted by Crippen LogP contribution is 2.49. The van der Waals surface area contributed by atoms with Gasteiger partial charge in [0.05, 0.1) is 0 Å². The summed E-state index contributed by atoms with van der Waals surface area (Å²) in [6, 6.07) is 2.85. The quantitative estimate of drug-likeness (QED) is 0.887. The summed E-state index contributed by atoms with van der Waals surface area (Å²) in [5.74, 6) is 0.772. The molecular weight excluding hydrogens is 276 g/mol. The molecule has 3 atom stereocenters. The fraction of sp³-hybridized carbons (Fsp3) is 0.778. The third-order valence-corrected chi connectivity index (χ3v) is 6.70. The molecule has 0 aromatic carbocycles. The van der Waals surface area contributed by atoms with Gasteiger partial charge >= 0.3 is 0 Å². The van der Waals surface area contributed by atoms with Gasteiger partial charge < -0.3 is 5.73 Å². The molecule has 2 N–H and O–H groups in total. The van der Waals surface area contributed by atoms with Gasteiger partial charge in [-0.15, -0.1) is 11.3 Å². The van der Waals surface area contributed by atoms with Crippen LogP contribution >= 0.6 is 11.3 Å². The van der Waals surface area contributed by atoms with Gasteiger partial charge in [0.2, 0.25) is 0 Å². The van der Waals surface area contributed by atoms with E-state index in [1.165, 1.54) is 32.2 Å². The van der Waals surface area contributed by atoms with Gasteiger partial charge in [-0.3, -0.25) is 4.90 Å². The number of nitrogens with two attached hydrogens (primary N) is 1. The average Bonchev–Trinajstić information content (AvgIpc) is 2.85. The normalized spacial score (nSPS) is 36.4. The van der Waals surface area contributed by atoms with Gasteiger partial charge in [-0.1, -0.05) is 20.8 Å². The van der Waals surface area contributed by atoms with Crippen LogP contribution < -0.4 is 5.73 Å². The molecule has 0 bridgehead atoms. The molecule has 21 heavy (non-hydrogen) atoms. The zero-order valence-corrected chi connectivity index (χ0v) is 14.8. The maximum Gasteiger partial charge on any atom is 0.0345 e. The Morgan fingerprint density at radius 1 is 1.33 bits per heavy atom. The second kappa shape index (κ2) is 5.36. The SMILES string of the molecule is CC1CC(C)(C)CC(CN)(N2CCc3sccc3C2C)C1. The highest BCUT2D eigenvalue weighted by molar-refractivity contribution is 7.10. The van der Waals surface area contributed by atoms with Crippen LogP contribution in [0.5, 0.6) is 0 Å². The van der Waals surface area contributed by atoms with Crippen molar-refractivity contribution in [2.45, 2.75) is 65.0 Å². The fourth-order valence-corrected chi connectivity index (χ4v) is 6.31. The zero-order valence-electron chi connectivity index (χ0n) is 14.0. The van der Waals surface area contributed by atoms with Gasteiger partial charge in [0, 0.05) is 29.5 Å².